The van der Waals surface area contributed by atoms with Crippen molar-refractivity contribution in [3.8, 4) is 0 Å². The molecule has 0 spiro atoms. The summed E-state index contributed by atoms with van der Waals surface area (Å²) in [7, 11) is 1.48. The van der Waals surface area contributed by atoms with Gasteiger partial charge >= 0.3 is 5.97 Å². The van der Waals surface area contributed by atoms with Crippen LogP contribution >= 0.6 is 0 Å². The van der Waals surface area contributed by atoms with E-state index in [1.54, 1.807) is 0 Å². The highest BCUT2D eigenvalue weighted by molar-refractivity contribution is 5.78. The van der Waals surface area contributed by atoms with Crippen molar-refractivity contribution in [3.05, 3.63) is 42.0 Å². The lowest BCUT2D eigenvalue weighted by Gasteiger charge is -2.38. The molecule has 2 atom stereocenters. The summed E-state index contributed by atoms with van der Waals surface area (Å²) in [6.07, 6.45) is 6.33. The first-order chi connectivity index (χ1) is 9.41. The predicted molar refractivity (Wildman–Crippen MR) is 82.1 cm³/mol. The molecule has 0 unspecified atom stereocenters. The number of methoxy groups -OCH3 is 1. The van der Waals surface area contributed by atoms with Crippen LogP contribution in [0.5, 0.6) is 0 Å². The molecule has 0 N–H and O–H groups in total. The fraction of sp³-hybridized carbons (Fsp3) is 0.500. The predicted octanol–water partition coefficient (Wildman–Crippen LogP) is 4.32. The molecule has 0 bridgehead atoms. The molecule has 1 aliphatic rings. The third-order valence-electron chi connectivity index (χ3n) is 5.26. The number of hydrogen-bond donors (Lipinski definition) is 0. The van der Waals surface area contributed by atoms with Gasteiger partial charge < -0.3 is 4.74 Å². The van der Waals surface area contributed by atoms with Crippen LogP contribution < -0.4 is 0 Å². The minimum atomic E-state index is -0.395. The van der Waals surface area contributed by atoms with Gasteiger partial charge in [0.05, 0.1) is 12.5 Å². The van der Waals surface area contributed by atoms with Crippen LogP contribution in [0.15, 0.2) is 36.4 Å². The third-order valence-corrected chi connectivity index (χ3v) is 5.26. The van der Waals surface area contributed by atoms with Crippen LogP contribution in [-0.2, 0) is 9.53 Å². The van der Waals surface area contributed by atoms with Crippen LogP contribution in [0.4, 0.5) is 0 Å². The Labute approximate surface area is 121 Å². The zero-order valence-electron chi connectivity index (χ0n) is 12.8. The van der Waals surface area contributed by atoms with Crippen molar-refractivity contribution in [2.24, 2.45) is 16.7 Å². The zero-order chi connectivity index (χ0) is 14.8. The molecule has 0 aromatic heterocycles. The van der Waals surface area contributed by atoms with Crippen LogP contribution in [0.1, 0.15) is 39.2 Å². The van der Waals surface area contributed by atoms with Crippen molar-refractivity contribution >= 4 is 12.0 Å². The lowest BCUT2D eigenvalue weighted by Crippen LogP contribution is -2.41. The summed E-state index contributed by atoms with van der Waals surface area (Å²) < 4.78 is 5.02. The van der Waals surface area contributed by atoms with Gasteiger partial charge in [-0.05, 0) is 36.7 Å². The Hall–Kier alpha value is -1.57. The Morgan fingerprint density at radius 3 is 2.50 bits per heavy atom. The molecule has 2 rings (SSSR count). The van der Waals surface area contributed by atoms with Crippen molar-refractivity contribution < 1.29 is 9.53 Å². The van der Waals surface area contributed by atoms with Crippen molar-refractivity contribution in [1.29, 1.82) is 0 Å². The monoisotopic (exact) mass is 272 g/mol. The molecule has 1 aromatic carbocycles. The summed E-state index contributed by atoms with van der Waals surface area (Å²) in [4.78, 5) is 12.1. The van der Waals surface area contributed by atoms with Crippen molar-refractivity contribution in [3.63, 3.8) is 0 Å². The van der Waals surface area contributed by atoms with E-state index in [1.807, 2.05) is 25.1 Å². The van der Waals surface area contributed by atoms with E-state index in [4.69, 9.17) is 4.74 Å². The molecule has 0 aliphatic heterocycles. The lowest BCUT2D eigenvalue weighted by molar-refractivity contribution is -0.157. The van der Waals surface area contributed by atoms with Gasteiger partial charge in [0.15, 0.2) is 0 Å². The maximum Gasteiger partial charge on any atom is 0.312 e. The third kappa shape index (κ3) is 2.39. The average molecular weight is 272 g/mol. The quantitative estimate of drug-likeness (QED) is 0.766. The van der Waals surface area contributed by atoms with Gasteiger partial charge in [-0.25, -0.2) is 0 Å². The van der Waals surface area contributed by atoms with E-state index < -0.39 is 5.41 Å². The molecule has 1 fully saturated rings. The first-order valence-corrected chi connectivity index (χ1v) is 7.23. The van der Waals surface area contributed by atoms with Gasteiger partial charge in [-0.3, -0.25) is 4.79 Å². The normalized spacial score (nSPS) is 28.7. The highest BCUT2D eigenvalue weighted by Gasteiger charge is 2.55. The Balaban J connectivity index is 2.20. The van der Waals surface area contributed by atoms with Crippen LogP contribution in [0.25, 0.3) is 6.08 Å². The molecule has 20 heavy (non-hydrogen) atoms. The molecule has 0 saturated heterocycles. The Bertz CT molecular complexity index is 501. The first-order valence-electron chi connectivity index (χ1n) is 7.23. The van der Waals surface area contributed by atoms with Gasteiger partial charge in [-0.1, -0.05) is 56.3 Å². The summed E-state index contributed by atoms with van der Waals surface area (Å²) in [5.41, 5.74) is 0.716. The number of ether oxygens (including phenoxy) is 1. The molecule has 108 valence electrons. The van der Waals surface area contributed by atoms with Crippen LogP contribution in [-0.4, -0.2) is 13.1 Å². The summed E-state index contributed by atoms with van der Waals surface area (Å²) in [5, 5.41) is 0. The molecule has 2 heteroatoms. The second-order valence-electron chi connectivity index (χ2n) is 6.46. The van der Waals surface area contributed by atoms with Crippen molar-refractivity contribution in [2.75, 3.05) is 7.11 Å². The van der Waals surface area contributed by atoms with Gasteiger partial charge in [0.25, 0.3) is 0 Å². The second kappa shape index (κ2) is 5.43. The number of rotatable bonds is 3. The smallest absolute Gasteiger partial charge is 0.312 e. The summed E-state index contributed by atoms with van der Waals surface area (Å²) in [6, 6.07) is 10.3. The molecule has 1 aliphatic carbocycles. The van der Waals surface area contributed by atoms with Gasteiger partial charge in [-0.2, -0.15) is 0 Å². The van der Waals surface area contributed by atoms with Gasteiger partial charge in [0, 0.05) is 0 Å². The largest absolute Gasteiger partial charge is 0.469 e. The van der Waals surface area contributed by atoms with Crippen molar-refractivity contribution in [1.82, 2.24) is 0 Å². The molecular formula is C18H24O2. The summed E-state index contributed by atoms with van der Waals surface area (Å²) in [5.74, 6) is 0.310. The Morgan fingerprint density at radius 1 is 1.25 bits per heavy atom. The van der Waals surface area contributed by atoms with E-state index in [9.17, 15) is 4.79 Å². The van der Waals surface area contributed by atoms with Gasteiger partial charge in [-0.15, -0.1) is 0 Å². The van der Waals surface area contributed by atoms with Crippen molar-refractivity contribution in [2.45, 2.75) is 33.6 Å². The minimum Gasteiger partial charge on any atom is -0.469 e. The van der Waals surface area contributed by atoms with E-state index in [0.717, 1.165) is 12.8 Å². The fourth-order valence-electron chi connectivity index (χ4n) is 3.25. The summed E-state index contributed by atoms with van der Waals surface area (Å²) in [6.45, 7) is 6.39. The maximum atomic E-state index is 12.1. The molecule has 0 radical (unpaired) electrons. The lowest BCUT2D eigenvalue weighted by atomic mass is 9.65. The molecule has 2 nitrogen and oxygen atoms in total. The van der Waals surface area contributed by atoms with Gasteiger partial charge in [0.1, 0.15) is 0 Å². The van der Waals surface area contributed by atoms with E-state index >= 15 is 0 Å². The maximum absolute atomic E-state index is 12.1. The Kier molecular flexibility index (Phi) is 4.03. The van der Waals surface area contributed by atoms with E-state index in [0.29, 0.717) is 5.92 Å². The molecule has 1 aromatic rings. The number of allylic oxidation sites excluding steroid dienone is 1. The SMILES string of the molecule is COC(=O)[C@]1(C)CC[C@@H](/C=C/c2ccccc2)C1(C)C. The topological polar surface area (TPSA) is 26.3 Å². The number of benzene rings is 1. The van der Waals surface area contributed by atoms with Crippen LogP contribution in [0.3, 0.4) is 0 Å². The number of esters is 1. The Morgan fingerprint density at radius 2 is 1.90 bits per heavy atom. The molecule has 1 saturated carbocycles. The standard InChI is InChI=1S/C18H24O2/c1-17(2)15(11-10-14-8-6-5-7-9-14)12-13-18(17,3)16(19)20-4/h5-11,15H,12-13H2,1-4H3/b11-10+/t15-,18+/m1/s1. The van der Waals surface area contributed by atoms with Gasteiger partial charge in [0.2, 0.25) is 0 Å². The number of carbonyl (C=O) groups is 1. The minimum absolute atomic E-state index is 0.0851. The molecular weight excluding hydrogens is 248 g/mol. The average Bonchev–Trinajstić information content (AvgIpc) is 2.69. The highest BCUT2D eigenvalue weighted by atomic mass is 16.5. The fourth-order valence-corrected chi connectivity index (χ4v) is 3.25. The van der Waals surface area contributed by atoms with Crippen LogP contribution in [0.2, 0.25) is 0 Å². The number of hydrogen-bond acceptors (Lipinski definition) is 2. The first kappa shape index (κ1) is 14.8. The van der Waals surface area contributed by atoms with E-state index in [-0.39, 0.29) is 11.4 Å². The zero-order valence-corrected chi connectivity index (χ0v) is 12.8. The summed E-state index contributed by atoms with van der Waals surface area (Å²) >= 11 is 0. The molecule has 0 amide bonds. The number of carbonyl (C=O) groups excluding carboxylic acids is 1. The van der Waals surface area contributed by atoms with E-state index in [1.165, 1.54) is 12.7 Å². The molecule has 0 heterocycles. The van der Waals surface area contributed by atoms with E-state index in [2.05, 4.69) is 38.1 Å². The van der Waals surface area contributed by atoms with Crippen LogP contribution in [0, 0.1) is 16.7 Å². The second-order valence-corrected chi connectivity index (χ2v) is 6.46. The highest BCUT2D eigenvalue weighted by Crippen LogP contribution is 2.57.